The molecule has 0 saturated carbocycles. The Kier molecular flexibility index (Phi) is 16.1. The van der Waals surface area contributed by atoms with E-state index in [1.165, 1.54) is 26.4 Å². The number of unbranched alkanes of at least 4 members (excludes halogenated alkanes) is 4. The van der Waals surface area contributed by atoms with Crippen LogP contribution in [0.2, 0.25) is 0 Å². The largest absolute Gasteiger partial charge is 0.469 e. The van der Waals surface area contributed by atoms with E-state index in [0.29, 0.717) is 6.42 Å². The normalized spacial score (nSPS) is 8.62. The predicted molar refractivity (Wildman–Crippen MR) is 56.7 cm³/mol. The summed E-state index contributed by atoms with van der Waals surface area (Å²) in [6.07, 6.45) is 6.49. The Morgan fingerprint density at radius 1 is 1.08 bits per heavy atom. The first-order valence-corrected chi connectivity index (χ1v) is 5.38. The fourth-order valence-corrected chi connectivity index (χ4v) is 0.975. The molecule has 0 heterocycles. The Morgan fingerprint density at radius 2 is 1.62 bits per heavy atom. The zero-order valence-corrected chi connectivity index (χ0v) is 9.56. The van der Waals surface area contributed by atoms with E-state index in [1.54, 1.807) is 0 Å². The lowest BCUT2D eigenvalue weighted by Crippen LogP contribution is -1.98. The van der Waals surface area contributed by atoms with Crippen molar-refractivity contribution in [3.05, 3.63) is 0 Å². The number of esters is 1. The third-order valence-corrected chi connectivity index (χ3v) is 1.71. The van der Waals surface area contributed by atoms with E-state index >= 15 is 0 Å². The molecule has 0 rings (SSSR count). The molecule has 0 aromatic heterocycles. The van der Waals surface area contributed by atoms with Gasteiger partial charge >= 0.3 is 5.97 Å². The van der Waals surface area contributed by atoms with Crippen molar-refractivity contribution in [2.75, 3.05) is 7.11 Å². The summed E-state index contributed by atoms with van der Waals surface area (Å²) < 4.78 is 4.52. The average molecular weight is 188 g/mol. The van der Waals surface area contributed by atoms with Crippen molar-refractivity contribution >= 4 is 5.97 Å². The monoisotopic (exact) mass is 188 g/mol. The van der Waals surface area contributed by atoms with Gasteiger partial charge in [0.2, 0.25) is 0 Å². The molecule has 0 bridgehead atoms. The van der Waals surface area contributed by atoms with Crippen LogP contribution >= 0.6 is 0 Å². The first kappa shape index (κ1) is 15.0. The molecular weight excluding hydrogens is 164 g/mol. The third kappa shape index (κ3) is 14.3. The lowest BCUT2D eigenvalue weighted by Gasteiger charge is -1.98. The summed E-state index contributed by atoms with van der Waals surface area (Å²) >= 11 is 0. The number of hydrogen-bond acceptors (Lipinski definition) is 2. The van der Waals surface area contributed by atoms with Gasteiger partial charge in [0.15, 0.2) is 0 Å². The minimum atomic E-state index is -0.0819. The van der Waals surface area contributed by atoms with Crippen LogP contribution in [0, 0.1) is 0 Å². The molecule has 2 nitrogen and oxygen atoms in total. The predicted octanol–water partition coefficient (Wildman–Crippen LogP) is 3.55. The zero-order chi connectivity index (χ0) is 10.5. The molecule has 13 heavy (non-hydrogen) atoms. The molecule has 0 aromatic rings. The van der Waals surface area contributed by atoms with Crippen LogP contribution < -0.4 is 0 Å². The lowest BCUT2D eigenvalue weighted by atomic mass is 10.1. The number of hydrogen-bond donors (Lipinski definition) is 0. The van der Waals surface area contributed by atoms with Crippen molar-refractivity contribution in [2.24, 2.45) is 0 Å². The molecule has 0 radical (unpaired) electrons. The molecule has 0 saturated heterocycles. The second-order valence-corrected chi connectivity index (χ2v) is 2.74. The van der Waals surface area contributed by atoms with E-state index in [4.69, 9.17) is 0 Å². The summed E-state index contributed by atoms with van der Waals surface area (Å²) in [5, 5.41) is 0. The number of carbonyl (C=O) groups excluding carboxylic acids is 1. The van der Waals surface area contributed by atoms with Gasteiger partial charge in [0.1, 0.15) is 0 Å². The Morgan fingerprint density at radius 3 is 2.08 bits per heavy atom. The molecule has 2 heteroatoms. The van der Waals surface area contributed by atoms with Crippen LogP contribution in [0.3, 0.4) is 0 Å². The number of carbonyl (C=O) groups is 1. The maximum absolute atomic E-state index is 10.6. The van der Waals surface area contributed by atoms with Crippen molar-refractivity contribution in [2.45, 2.75) is 59.3 Å². The zero-order valence-electron chi connectivity index (χ0n) is 9.56. The molecule has 0 aliphatic carbocycles. The van der Waals surface area contributed by atoms with Gasteiger partial charge in [0, 0.05) is 6.42 Å². The highest BCUT2D eigenvalue weighted by atomic mass is 16.5. The van der Waals surface area contributed by atoms with Gasteiger partial charge in [-0.25, -0.2) is 0 Å². The van der Waals surface area contributed by atoms with Crippen LogP contribution in [0.25, 0.3) is 0 Å². The minimum Gasteiger partial charge on any atom is -0.469 e. The Hall–Kier alpha value is -0.530. The smallest absolute Gasteiger partial charge is 0.305 e. The molecule has 0 aromatic carbocycles. The third-order valence-electron chi connectivity index (χ3n) is 1.71. The van der Waals surface area contributed by atoms with Crippen LogP contribution in [-0.4, -0.2) is 13.1 Å². The summed E-state index contributed by atoms with van der Waals surface area (Å²) in [7, 11) is 1.44. The fourth-order valence-electron chi connectivity index (χ4n) is 0.975. The Labute approximate surface area is 82.7 Å². The van der Waals surface area contributed by atoms with Gasteiger partial charge in [-0.1, -0.05) is 46.5 Å². The van der Waals surface area contributed by atoms with Crippen molar-refractivity contribution < 1.29 is 9.53 Å². The van der Waals surface area contributed by atoms with E-state index in [0.717, 1.165) is 12.8 Å². The number of methoxy groups -OCH3 is 1. The van der Waals surface area contributed by atoms with Crippen molar-refractivity contribution in [3.8, 4) is 0 Å². The summed E-state index contributed by atoms with van der Waals surface area (Å²) in [5.41, 5.74) is 0. The maximum Gasteiger partial charge on any atom is 0.305 e. The van der Waals surface area contributed by atoms with Crippen molar-refractivity contribution in [3.63, 3.8) is 0 Å². The lowest BCUT2D eigenvalue weighted by molar-refractivity contribution is -0.140. The molecular formula is C11H24O2. The van der Waals surface area contributed by atoms with Crippen LogP contribution in [0.15, 0.2) is 0 Å². The van der Waals surface area contributed by atoms with E-state index in [9.17, 15) is 4.79 Å². The second-order valence-electron chi connectivity index (χ2n) is 2.74. The van der Waals surface area contributed by atoms with Crippen LogP contribution in [0.1, 0.15) is 59.3 Å². The molecule has 0 N–H and O–H groups in total. The summed E-state index contributed by atoms with van der Waals surface area (Å²) in [5.74, 6) is -0.0819. The number of rotatable bonds is 6. The average Bonchev–Trinajstić information content (AvgIpc) is 2.20. The highest BCUT2D eigenvalue weighted by Gasteiger charge is 1.97. The van der Waals surface area contributed by atoms with Gasteiger partial charge in [-0.15, -0.1) is 0 Å². The second kappa shape index (κ2) is 14.0. The van der Waals surface area contributed by atoms with E-state index in [1.807, 2.05) is 13.8 Å². The quantitative estimate of drug-likeness (QED) is 0.470. The van der Waals surface area contributed by atoms with Crippen LogP contribution in [-0.2, 0) is 9.53 Å². The van der Waals surface area contributed by atoms with Gasteiger partial charge in [-0.05, 0) is 6.42 Å². The van der Waals surface area contributed by atoms with Crippen molar-refractivity contribution in [1.82, 2.24) is 0 Å². The maximum atomic E-state index is 10.6. The Bertz CT molecular complexity index is 100. The summed E-state index contributed by atoms with van der Waals surface area (Å²) in [4.78, 5) is 10.6. The molecule has 0 fully saturated rings. The topological polar surface area (TPSA) is 26.3 Å². The van der Waals surface area contributed by atoms with Gasteiger partial charge in [-0.3, -0.25) is 4.79 Å². The van der Waals surface area contributed by atoms with E-state index < -0.39 is 0 Å². The van der Waals surface area contributed by atoms with E-state index in [-0.39, 0.29) is 5.97 Å². The molecule has 0 amide bonds. The molecule has 0 unspecified atom stereocenters. The van der Waals surface area contributed by atoms with Gasteiger partial charge in [0.05, 0.1) is 7.11 Å². The first-order chi connectivity index (χ1) is 6.31. The SMILES string of the molecule is CC.CCCCCCCC(=O)OC. The summed E-state index contributed by atoms with van der Waals surface area (Å²) in [6.45, 7) is 6.18. The molecule has 0 aliphatic heterocycles. The minimum absolute atomic E-state index is 0.0819. The number of ether oxygens (including phenoxy) is 1. The van der Waals surface area contributed by atoms with Crippen molar-refractivity contribution in [1.29, 1.82) is 0 Å². The fraction of sp³-hybridized carbons (Fsp3) is 0.909. The van der Waals surface area contributed by atoms with Crippen LogP contribution in [0.4, 0.5) is 0 Å². The highest BCUT2D eigenvalue weighted by molar-refractivity contribution is 5.68. The Balaban J connectivity index is 0. The van der Waals surface area contributed by atoms with Crippen LogP contribution in [0.5, 0.6) is 0 Å². The van der Waals surface area contributed by atoms with E-state index in [2.05, 4.69) is 11.7 Å². The van der Waals surface area contributed by atoms with Gasteiger partial charge < -0.3 is 4.74 Å². The van der Waals surface area contributed by atoms with Gasteiger partial charge in [0.25, 0.3) is 0 Å². The van der Waals surface area contributed by atoms with Gasteiger partial charge in [-0.2, -0.15) is 0 Å². The highest BCUT2D eigenvalue weighted by Crippen LogP contribution is 2.04. The standard InChI is InChI=1S/C9H18O2.C2H6/c1-3-4-5-6-7-8-9(10)11-2;1-2/h3-8H2,1-2H3;1-2H3. The summed E-state index contributed by atoms with van der Waals surface area (Å²) in [6, 6.07) is 0. The molecule has 0 aliphatic rings. The molecule has 80 valence electrons. The molecule has 0 atom stereocenters. The molecule has 0 spiro atoms. The first-order valence-electron chi connectivity index (χ1n) is 5.38.